The summed E-state index contributed by atoms with van der Waals surface area (Å²) in [6.45, 7) is 4.13. The van der Waals surface area contributed by atoms with E-state index in [2.05, 4.69) is 6.92 Å². The van der Waals surface area contributed by atoms with E-state index in [4.69, 9.17) is 0 Å². The Morgan fingerprint density at radius 1 is 1.24 bits per heavy atom. The molecule has 0 aliphatic rings. The van der Waals surface area contributed by atoms with Gasteiger partial charge in [-0.3, -0.25) is 0 Å². The molecule has 0 aromatic heterocycles. The lowest BCUT2D eigenvalue weighted by Gasteiger charge is -2.12. The summed E-state index contributed by atoms with van der Waals surface area (Å²) in [6, 6.07) is 4.77. The summed E-state index contributed by atoms with van der Waals surface area (Å²) in [7, 11) is 0. The van der Waals surface area contributed by atoms with Crippen LogP contribution in [0.2, 0.25) is 0 Å². The molecule has 0 spiro atoms. The summed E-state index contributed by atoms with van der Waals surface area (Å²) in [5.74, 6) is -0.219. The van der Waals surface area contributed by atoms with Gasteiger partial charge in [0.1, 0.15) is 5.82 Å². The summed E-state index contributed by atoms with van der Waals surface area (Å²) in [5, 5.41) is 9.89. The van der Waals surface area contributed by atoms with Crippen LogP contribution in [0.4, 0.5) is 4.39 Å². The Morgan fingerprint density at radius 2 is 2.00 bits per heavy atom. The van der Waals surface area contributed by atoms with Gasteiger partial charge in [-0.05, 0) is 43.0 Å². The van der Waals surface area contributed by atoms with Crippen molar-refractivity contribution in [1.82, 2.24) is 0 Å². The Hall–Kier alpha value is -0.890. The van der Waals surface area contributed by atoms with Crippen molar-refractivity contribution in [3.63, 3.8) is 0 Å². The number of halogens is 1. The van der Waals surface area contributed by atoms with Crippen molar-refractivity contribution >= 4 is 0 Å². The normalized spacial score (nSPS) is 12.7. The zero-order valence-electron chi connectivity index (χ0n) is 10.9. The van der Waals surface area contributed by atoms with Crippen molar-refractivity contribution in [1.29, 1.82) is 0 Å². The predicted octanol–water partition coefficient (Wildman–Crippen LogP) is 4.01. The second kappa shape index (κ2) is 7.44. The first-order chi connectivity index (χ1) is 8.13. The van der Waals surface area contributed by atoms with Gasteiger partial charge in [-0.25, -0.2) is 4.39 Å². The SMILES string of the molecule is CCCCCCC(O)Cc1cc(F)ccc1C. The van der Waals surface area contributed by atoms with E-state index in [-0.39, 0.29) is 11.9 Å². The lowest BCUT2D eigenvalue weighted by atomic mass is 9.99. The number of hydrogen-bond donors (Lipinski definition) is 1. The molecule has 1 aromatic carbocycles. The standard InChI is InChI=1S/C15H23FO/c1-3-4-5-6-7-15(17)11-13-10-14(16)9-8-12(13)2/h8-10,15,17H,3-7,11H2,1-2H3. The lowest BCUT2D eigenvalue weighted by Crippen LogP contribution is -2.11. The molecule has 1 aromatic rings. The van der Waals surface area contributed by atoms with Crippen LogP contribution in [-0.2, 0) is 6.42 Å². The van der Waals surface area contributed by atoms with Crippen LogP contribution in [-0.4, -0.2) is 11.2 Å². The van der Waals surface area contributed by atoms with Gasteiger partial charge < -0.3 is 5.11 Å². The van der Waals surface area contributed by atoms with Gasteiger partial charge in [0.05, 0.1) is 6.10 Å². The molecule has 1 atom stereocenters. The molecule has 1 unspecified atom stereocenters. The fraction of sp³-hybridized carbons (Fsp3) is 0.600. The van der Waals surface area contributed by atoms with E-state index in [1.54, 1.807) is 6.07 Å². The van der Waals surface area contributed by atoms with Gasteiger partial charge in [0.15, 0.2) is 0 Å². The Balaban J connectivity index is 2.39. The van der Waals surface area contributed by atoms with Gasteiger partial charge in [0.25, 0.3) is 0 Å². The number of aliphatic hydroxyl groups is 1. The second-order valence-electron chi connectivity index (χ2n) is 4.78. The minimum absolute atomic E-state index is 0.219. The summed E-state index contributed by atoms with van der Waals surface area (Å²) in [4.78, 5) is 0. The molecular weight excluding hydrogens is 215 g/mol. The second-order valence-corrected chi connectivity index (χ2v) is 4.78. The first kappa shape index (κ1) is 14.2. The average molecular weight is 238 g/mol. The summed E-state index contributed by atoms with van der Waals surface area (Å²) >= 11 is 0. The first-order valence-corrected chi connectivity index (χ1v) is 6.56. The highest BCUT2D eigenvalue weighted by Gasteiger charge is 2.08. The number of unbranched alkanes of at least 4 members (excludes halogenated alkanes) is 3. The van der Waals surface area contributed by atoms with E-state index >= 15 is 0 Å². The van der Waals surface area contributed by atoms with Gasteiger partial charge in [0, 0.05) is 0 Å². The number of aryl methyl sites for hydroxylation is 1. The fourth-order valence-corrected chi connectivity index (χ4v) is 2.02. The Kier molecular flexibility index (Phi) is 6.20. The van der Waals surface area contributed by atoms with Crippen molar-refractivity contribution in [3.05, 3.63) is 35.1 Å². The maximum Gasteiger partial charge on any atom is 0.123 e. The van der Waals surface area contributed by atoms with Crippen LogP contribution in [0.5, 0.6) is 0 Å². The molecule has 0 heterocycles. The molecule has 0 saturated carbocycles. The molecule has 0 aliphatic heterocycles. The molecule has 0 radical (unpaired) electrons. The van der Waals surface area contributed by atoms with Gasteiger partial charge in [-0.1, -0.05) is 38.7 Å². The molecule has 2 heteroatoms. The molecular formula is C15H23FO. The number of benzene rings is 1. The van der Waals surface area contributed by atoms with E-state index in [9.17, 15) is 9.50 Å². The van der Waals surface area contributed by atoms with Crippen LogP contribution in [0.3, 0.4) is 0 Å². The van der Waals surface area contributed by atoms with Crippen molar-refractivity contribution in [2.24, 2.45) is 0 Å². The molecule has 1 rings (SSSR count). The molecule has 0 saturated heterocycles. The highest BCUT2D eigenvalue weighted by atomic mass is 19.1. The van der Waals surface area contributed by atoms with Gasteiger partial charge >= 0.3 is 0 Å². The Bertz CT molecular complexity index is 336. The van der Waals surface area contributed by atoms with Crippen molar-refractivity contribution < 1.29 is 9.50 Å². The van der Waals surface area contributed by atoms with Gasteiger partial charge in [-0.2, -0.15) is 0 Å². The number of hydrogen-bond acceptors (Lipinski definition) is 1. The summed E-state index contributed by atoms with van der Waals surface area (Å²) in [5.41, 5.74) is 1.98. The topological polar surface area (TPSA) is 20.2 Å². The number of aliphatic hydroxyl groups excluding tert-OH is 1. The highest BCUT2D eigenvalue weighted by Crippen LogP contribution is 2.15. The van der Waals surface area contributed by atoms with Crippen LogP contribution in [0.1, 0.15) is 50.2 Å². The minimum Gasteiger partial charge on any atom is -0.393 e. The average Bonchev–Trinajstić information content (AvgIpc) is 2.29. The molecule has 17 heavy (non-hydrogen) atoms. The van der Waals surface area contributed by atoms with Gasteiger partial charge in [-0.15, -0.1) is 0 Å². The largest absolute Gasteiger partial charge is 0.393 e. The zero-order valence-corrected chi connectivity index (χ0v) is 10.9. The zero-order chi connectivity index (χ0) is 12.7. The third-order valence-corrected chi connectivity index (χ3v) is 3.16. The Labute approximate surface area is 104 Å². The van der Waals surface area contributed by atoms with Crippen LogP contribution in [0.15, 0.2) is 18.2 Å². The van der Waals surface area contributed by atoms with Crippen LogP contribution in [0, 0.1) is 12.7 Å². The monoisotopic (exact) mass is 238 g/mol. The van der Waals surface area contributed by atoms with Crippen molar-refractivity contribution in [2.45, 2.75) is 58.5 Å². The van der Waals surface area contributed by atoms with Crippen molar-refractivity contribution in [2.75, 3.05) is 0 Å². The molecule has 1 N–H and O–H groups in total. The third kappa shape index (κ3) is 5.31. The minimum atomic E-state index is -0.340. The van der Waals surface area contributed by atoms with E-state index < -0.39 is 0 Å². The smallest absolute Gasteiger partial charge is 0.123 e. The summed E-state index contributed by atoms with van der Waals surface area (Å²) < 4.78 is 13.1. The molecule has 1 nitrogen and oxygen atoms in total. The predicted molar refractivity (Wildman–Crippen MR) is 69.6 cm³/mol. The van der Waals surface area contributed by atoms with Gasteiger partial charge in [0.2, 0.25) is 0 Å². The highest BCUT2D eigenvalue weighted by molar-refractivity contribution is 5.27. The molecule has 0 bridgehead atoms. The molecule has 0 fully saturated rings. The van der Waals surface area contributed by atoms with Crippen molar-refractivity contribution in [3.8, 4) is 0 Å². The van der Waals surface area contributed by atoms with E-state index in [0.717, 1.165) is 24.0 Å². The maximum atomic E-state index is 13.1. The quantitative estimate of drug-likeness (QED) is 0.712. The Morgan fingerprint density at radius 3 is 2.71 bits per heavy atom. The van der Waals surface area contributed by atoms with E-state index in [1.165, 1.54) is 31.4 Å². The fourth-order valence-electron chi connectivity index (χ4n) is 2.02. The van der Waals surface area contributed by atoms with E-state index in [0.29, 0.717) is 6.42 Å². The molecule has 0 aliphatic carbocycles. The third-order valence-electron chi connectivity index (χ3n) is 3.16. The molecule has 0 amide bonds. The van der Waals surface area contributed by atoms with E-state index in [1.807, 2.05) is 6.92 Å². The van der Waals surface area contributed by atoms with Crippen LogP contribution in [0.25, 0.3) is 0 Å². The number of rotatable bonds is 7. The van der Waals surface area contributed by atoms with Crippen LogP contribution >= 0.6 is 0 Å². The maximum absolute atomic E-state index is 13.1. The first-order valence-electron chi connectivity index (χ1n) is 6.56. The molecule has 96 valence electrons. The summed E-state index contributed by atoms with van der Waals surface area (Å²) in [6.07, 6.45) is 5.71. The van der Waals surface area contributed by atoms with Crippen LogP contribution < -0.4 is 0 Å². The lowest BCUT2D eigenvalue weighted by molar-refractivity contribution is 0.160.